The molecule has 0 saturated carbocycles. The van der Waals surface area contributed by atoms with Crippen molar-refractivity contribution < 1.29 is 29.7 Å². The van der Waals surface area contributed by atoms with Crippen molar-refractivity contribution in [3.8, 4) is 0 Å². The Kier molecular flexibility index (Phi) is 4.34. The van der Waals surface area contributed by atoms with E-state index in [9.17, 15) is 20.1 Å². The number of hydrogen-bond donors (Lipinski definition) is 5. The summed E-state index contributed by atoms with van der Waals surface area (Å²) in [4.78, 5) is 24.8. The summed E-state index contributed by atoms with van der Waals surface area (Å²) in [5.74, 6) is -0.536. The first-order valence-electron chi connectivity index (χ1n) is 7.44. The number of rotatable bonds is 5. The zero-order valence-corrected chi connectivity index (χ0v) is 13.6. The largest absolute Gasteiger partial charge is 0.394 e. The number of ether oxygens (including phenoxy) is 1. The maximum atomic E-state index is 11.8. The fourth-order valence-electron chi connectivity index (χ4n) is 3.01. The number of nitrogens with one attached hydrogen (secondary N) is 1. The predicted molar refractivity (Wildman–Crippen MR) is 84.3 cm³/mol. The second-order valence-electron chi connectivity index (χ2n) is 5.92. The molecule has 3 heterocycles. The topological polar surface area (TPSA) is 165 Å². The molecule has 4 atom stereocenters. The molecule has 0 aromatic carbocycles. The molecule has 1 aliphatic heterocycles. The van der Waals surface area contributed by atoms with Crippen LogP contribution in [0.1, 0.15) is 23.5 Å². The molecule has 1 amide bonds. The Morgan fingerprint density at radius 2 is 2.28 bits per heavy atom. The molecule has 0 spiro atoms. The number of aromatic nitrogens is 3. The smallest absolute Gasteiger partial charge is 0.251 e. The lowest BCUT2D eigenvalue weighted by Crippen LogP contribution is -2.44. The lowest BCUT2D eigenvalue weighted by atomic mass is 9.96. The van der Waals surface area contributed by atoms with E-state index in [4.69, 9.17) is 15.3 Å². The zero-order chi connectivity index (χ0) is 18.4. The molecule has 0 aliphatic carbocycles. The van der Waals surface area contributed by atoms with Gasteiger partial charge in [-0.05, 0) is 6.92 Å². The highest BCUT2D eigenvalue weighted by atomic mass is 16.6. The van der Waals surface area contributed by atoms with Gasteiger partial charge in [0.05, 0.1) is 24.7 Å². The molecule has 2 aromatic rings. The van der Waals surface area contributed by atoms with Crippen LogP contribution in [-0.4, -0.2) is 67.3 Å². The van der Waals surface area contributed by atoms with E-state index in [1.807, 2.05) is 0 Å². The molecular formula is C14H19N5O6. The summed E-state index contributed by atoms with van der Waals surface area (Å²) >= 11 is 0. The molecule has 136 valence electrons. The molecule has 3 rings (SSSR count). The van der Waals surface area contributed by atoms with E-state index in [2.05, 4.69) is 15.4 Å². The number of carbonyl (C=O) groups excluding carboxylic acids is 1. The minimum absolute atomic E-state index is 0.0801. The average molecular weight is 353 g/mol. The summed E-state index contributed by atoms with van der Waals surface area (Å²) in [6.45, 7) is 0.879. The van der Waals surface area contributed by atoms with Gasteiger partial charge in [0.15, 0.2) is 12.0 Å². The van der Waals surface area contributed by atoms with E-state index in [0.29, 0.717) is 0 Å². The van der Waals surface area contributed by atoms with Crippen molar-refractivity contribution in [1.29, 1.82) is 0 Å². The van der Waals surface area contributed by atoms with Crippen molar-refractivity contribution in [2.75, 3.05) is 19.2 Å². The van der Waals surface area contributed by atoms with Crippen LogP contribution in [0.2, 0.25) is 0 Å². The number of primary amides is 1. The number of amides is 1. The molecule has 6 N–H and O–H groups in total. The molecule has 11 heteroatoms. The zero-order valence-electron chi connectivity index (χ0n) is 13.6. The Morgan fingerprint density at radius 3 is 2.84 bits per heavy atom. The van der Waals surface area contributed by atoms with E-state index in [-0.39, 0.29) is 22.4 Å². The molecule has 1 unspecified atom stereocenters. The van der Waals surface area contributed by atoms with Crippen LogP contribution in [0.25, 0.3) is 11.0 Å². The van der Waals surface area contributed by atoms with E-state index in [1.165, 1.54) is 31.1 Å². The normalized spacial score (nSPS) is 29.2. The first-order chi connectivity index (χ1) is 11.8. The van der Waals surface area contributed by atoms with Crippen LogP contribution in [-0.2, 0) is 9.57 Å². The quantitative estimate of drug-likeness (QED) is 0.402. The van der Waals surface area contributed by atoms with Gasteiger partial charge in [0, 0.05) is 6.20 Å². The Labute approximate surface area is 142 Å². The number of nitrogens with two attached hydrogens (primary N) is 1. The minimum Gasteiger partial charge on any atom is -0.394 e. The van der Waals surface area contributed by atoms with Crippen LogP contribution in [0.5, 0.6) is 0 Å². The van der Waals surface area contributed by atoms with Gasteiger partial charge in [0.2, 0.25) is 0 Å². The Balaban J connectivity index is 2.21. The summed E-state index contributed by atoms with van der Waals surface area (Å²) in [6.07, 6.45) is -0.855. The van der Waals surface area contributed by atoms with Crippen molar-refractivity contribution in [3.63, 3.8) is 0 Å². The van der Waals surface area contributed by atoms with Gasteiger partial charge in [0.25, 0.3) is 5.91 Å². The molecule has 1 fully saturated rings. The van der Waals surface area contributed by atoms with Crippen molar-refractivity contribution in [2.24, 2.45) is 5.73 Å². The van der Waals surface area contributed by atoms with Gasteiger partial charge >= 0.3 is 0 Å². The van der Waals surface area contributed by atoms with Crippen molar-refractivity contribution in [3.05, 3.63) is 18.1 Å². The van der Waals surface area contributed by atoms with Crippen LogP contribution >= 0.6 is 0 Å². The second-order valence-corrected chi connectivity index (χ2v) is 5.92. The molecule has 1 aliphatic rings. The first kappa shape index (κ1) is 17.5. The summed E-state index contributed by atoms with van der Waals surface area (Å²) in [6, 6.07) is 0. The number of hydrogen-bond acceptors (Lipinski definition) is 9. The number of aliphatic hydroxyl groups excluding tert-OH is 2. The highest BCUT2D eigenvalue weighted by Crippen LogP contribution is 2.41. The highest BCUT2D eigenvalue weighted by Gasteiger charge is 2.53. The summed E-state index contributed by atoms with van der Waals surface area (Å²) in [5.41, 5.74) is 6.54. The molecule has 0 radical (unpaired) electrons. The van der Waals surface area contributed by atoms with Crippen LogP contribution in [0.15, 0.2) is 12.5 Å². The summed E-state index contributed by atoms with van der Waals surface area (Å²) in [7, 11) is 1.38. The molecule has 1 saturated heterocycles. The summed E-state index contributed by atoms with van der Waals surface area (Å²) < 4.78 is 6.95. The van der Waals surface area contributed by atoms with Crippen LogP contribution < -0.4 is 11.2 Å². The first-order valence-corrected chi connectivity index (χ1v) is 7.44. The monoisotopic (exact) mass is 353 g/mol. The summed E-state index contributed by atoms with van der Waals surface area (Å²) in [5, 5.41) is 30.4. The fourth-order valence-corrected chi connectivity index (χ4v) is 3.01. The standard InChI is InChI=1S/C14H19N5O6/c1-14(23)9(21)7(4-20)25-13(14)19-3-6(10(15)22)8-11(18-24-2)16-5-17-12(8)19/h3,5,7,9,13,20-21,23H,4H2,1-2H3,(H2,15,22)(H,16,17,18)/t7-,9-,13?,14-/m1/s1. The average Bonchev–Trinajstić information content (AvgIpc) is 3.05. The molecule has 2 aromatic heterocycles. The maximum absolute atomic E-state index is 11.8. The third-order valence-corrected chi connectivity index (χ3v) is 4.26. The number of aliphatic hydroxyl groups is 3. The van der Waals surface area contributed by atoms with E-state index in [1.54, 1.807) is 0 Å². The highest BCUT2D eigenvalue weighted by molar-refractivity contribution is 6.09. The molecule has 25 heavy (non-hydrogen) atoms. The van der Waals surface area contributed by atoms with E-state index < -0.39 is 36.6 Å². The van der Waals surface area contributed by atoms with Crippen molar-refractivity contribution in [2.45, 2.75) is 31.0 Å². The third-order valence-electron chi connectivity index (χ3n) is 4.26. The number of fused-ring (bicyclic) bond motifs is 1. The predicted octanol–water partition coefficient (Wildman–Crippen LogP) is -1.49. The molecular weight excluding hydrogens is 334 g/mol. The lowest BCUT2D eigenvalue weighted by Gasteiger charge is -2.27. The maximum Gasteiger partial charge on any atom is 0.251 e. The number of anilines is 1. The molecule has 11 nitrogen and oxygen atoms in total. The van der Waals surface area contributed by atoms with Gasteiger partial charge in [0.1, 0.15) is 29.8 Å². The Bertz CT molecular complexity index is 806. The van der Waals surface area contributed by atoms with Gasteiger partial charge in [-0.3, -0.25) is 9.63 Å². The fraction of sp³-hybridized carbons (Fsp3) is 0.500. The van der Waals surface area contributed by atoms with Crippen molar-refractivity contribution >= 4 is 22.8 Å². The van der Waals surface area contributed by atoms with Gasteiger partial charge < -0.3 is 30.4 Å². The minimum atomic E-state index is -1.74. The second kappa shape index (κ2) is 6.20. The SMILES string of the molecule is CONc1ncnc2c1c(C(N)=O)cn2C1O[C@H](CO)[C@@H](O)[C@@]1(C)O. The van der Waals surface area contributed by atoms with Crippen LogP contribution in [0.4, 0.5) is 5.82 Å². The van der Waals surface area contributed by atoms with Crippen LogP contribution in [0.3, 0.4) is 0 Å². The van der Waals surface area contributed by atoms with Crippen molar-refractivity contribution in [1.82, 2.24) is 14.5 Å². The number of nitrogens with zero attached hydrogens (tertiary/aromatic N) is 3. The third kappa shape index (κ3) is 2.62. The van der Waals surface area contributed by atoms with Gasteiger partial charge in [-0.2, -0.15) is 0 Å². The number of carbonyl (C=O) groups is 1. The van der Waals surface area contributed by atoms with E-state index >= 15 is 0 Å². The van der Waals surface area contributed by atoms with Gasteiger partial charge in [-0.25, -0.2) is 15.4 Å². The van der Waals surface area contributed by atoms with Crippen LogP contribution in [0, 0.1) is 0 Å². The van der Waals surface area contributed by atoms with E-state index in [0.717, 1.165) is 0 Å². The Morgan fingerprint density at radius 1 is 1.56 bits per heavy atom. The van der Waals surface area contributed by atoms with Gasteiger partial charge in [-0.15, -0.1) is 0 Å². The lowest BCUT2D eigenvalue weighted by molar-refractivity contribution is -0.0948. The Hall–Kier alpha value is -2.31. The van der Waals surface area contributed by atoms with Gasteiger partial charge in [-0.1, -0.05) is 0 Å². The molecule has 0 bridgehead atoms.